The van der Waals surface area contributed by atoms with Crippen molar-refractivity contribution in [2.75, 3.05) is 13.2 Å². The van der Waals surface area contributed by atoms with E-state index < -0.39 is 83.3 Å². The quantitative estimate of drug-likeness (QED) is 0.160. The highest BCUT2D eigenvalue weighted by Crippen LogP contribution is 2.76. The SMILES string of the molecule is C[C@H]1CC[C@]2(C(=O)O[C@@H]3O[C@H](CO)[C@@H](O)[C@H](O)[C@H]3O)CC[C@]3(C)C(=CC[C@@H]4[C@@]5(C)C[C@@H](O)[C@H](O)[C@@](C)(CO)[C@H]5CC[C@]43C)[C@@H]2[C@]1(C)O. The Morgan fingerprint density at radius 1 is 0.915 bits per heavy atom. The van der Waals surface area contributed by atoms with Crippen LogP contribution in [0.15, 0.2) is 11.6 Å². The van der Waals surface area contributed by atoms with Crippen LogP contribution in [0.5, 0.6) is 0 Å². The minimum atomic E-state index is -1.72. The molecule has 0 amide bonds. The standard InChI is InChI=1S/C36H58O11/c1-18-9-12-36(30(44)47-29-26(42)25(41)24(40)21(16-37)46-29)14-13-33(4)19(27(36)35(18,6)45)7-8-23-31(2)15-20(39)28(43)32(3,17-38)22(31)10-11-34(23,33)5/h7,18,20-29,37-43,45H,8-17H2,1-6H3/t18-,20+,21+,22-,23+,24+,25-,26+,27+,28-,29-,31-,32-,33+,34+,35+,36-/m0/s1. The van der Waals surface area contributed by atoms with Gasteiger partial charge in [-0.3, -0.25) is 4.79 Å². The molecule has 1 aliphatic heterocycles. The van der Waals surface area contributed by atoms with Crippen molar-refractivity contribution in [3.8, 4) is 0 Å². The Morgan fingerprint density at radius 3 is 2.23 bits per heavy atom. The van der Waals surface area contributed by atoms with Gasteiger partial charge in [-0.1, -0.05) is 46.3 Å². The van der Waals surface area contributed by atoms with Crippen molar-refractivity contribution in [2.24, 2.45) is 50.7 Å². The molecular weight excluding hydrogens is 608 g/mol. The third kappa shape index (κ3) is 4.60. The molecule has 6 aliphatic rings. The fraction of sp³-hybridized carbons (Fsp3) is 0.917. The van der Waals surface area contributed by atoms with Crippen LogP contribution >= 0.6 is 0 Å². The molecule has 0 bridgehead atoms. The third-order valence-corrected chi connectivity index (χ3v) is 15.6. The molecule has 8 N–H and O–H groups in total. The van der Waals surface area contributed by atoms with E-state index in [0.717, 1.165) is 18.4 Å². The van der Waals surface area contributed by atoms with Crippen LogP contribution in [-0.4, -0.2) is 109 Å². The maximum Gasteiger partial charge on any atom is 0.315 e. The zero-order valence-electron chi connectivity index (χ0n) is 28.8. The molecule has 5 fully saturated rings. The van der Waals surface area contributed by atoms with Gasteiger partial charge in [0.05, 0.1) is 36.4 Å². The Morgan fingerprint density at radius 2 is 1.60 bits per heavy atom. The van der Waals surface area contributed by atoms with Gasteiger partial charge >= 0.3 is 5.97 Å². The number of aliphatic hydroxyl groups is 8. The van der Waals surface area contributed by atoms with Crippen molar-refractivity contribution in [2.45, 2.75) is 141 Å². The molecule has 0 aromatic rings. The van der Waals surface area contributed by atoms with E-state index >= 15 is 0 Å². The normalized spacial score (nSPS) is 57.5. The maximum absolute atomic E-state index is 14.5. The number of carbonyl (C=O) groups is 1. The van der Waals surface area contributed by atoms with Crippen molar-refractivity contribution in [1.29, 1.82) is 0 Å². The Balaban J connectivity index is 1.40. The van der Waals surface area contributed by atoms with Gasteiger partial charge in [-0.25, -0.2) is 0 Å². The van der Waals surface area contributed by atoms with Gasteiger partial charge in [0.2, 0.25) is 6.29 Å². The summed E-state index contributed by atoms with van der Waals surface area (Å²) < 4.78 is 11.4. The summed E-state index contributed by atoms with van der Waals surface area (Å²) in [4.78, 5) is 14.5. The molecule has 6 rings (SSSR count). The fourth-order valence-electron chi connectivity index (χ4n) is 12.4. The number of aliphatic hydroxyl groups excluding tert-OH is 7. The van der Waals surface area contributed by atoms with Gasteiger partial charge in [0.25, 0.3) is 0 Å². The van der Waals surface area contributed by atoms with E-state index in [1.54, 1.807) is 0 Å². The highest BCUT2D eigenvalue weighted by molar-refractivity contribution is 5.79. The number of hydrogen-bond donors (Lipinski definition) is 8. The molecule has 268 valence electrons. The highest BCUT2D eigenvalue weighted by atomic mass is 16.7. The predicted octanol–water partition coefficient (Wildman–Crippen LogP) is 1.41. The Labute approximate surface area is 278 Å². The average molecular weight is 667 g/mol. The highest BCUT2D eigenvalue weighted by Gasteiger charge is 2.72. The number of rotatable bonds is 4. The van der Waals surface area contributed by atoms with E-state index in [9.17, 15) is 45.6 Å². The lowest BCUT2D eigenvalue weighted by molar-refractivity contribution is -0.299. The monoisotopic (exact) mass is 666 g/mol. The average Bonchev–Trinajstić information content (AvgIpc) is 3.02. The van der Waals surface area contributed by atoms with Crippen molar-refractivity contribution in [3.05, 3.63) is 11.6 Å². The van der Waals surface area contributed by atoms with Gasteiger partial charge in [0.1, 0.15) is 24.4 Å². The summed E-state index contributed by atoms with van der Waals surface area (Å²) in [6, 6.07) is 0. The van der Waals surface area contributed by atoms with Crippen molar-refractivity contribution in [3.63, 3.8) is 0 Å². The second-order valence-corrected chi connectivity index (χ2v) is 17.5. The Hall–Kier alpha value is -1.15. The fourth-order valence-corrected chi connectivity index (χ4v) is 12.4. The van der Waals surface area contributed by atoms with Crippen molar-refractivity contribution >= 4 is 5.97 Å². The van der Waals surface area contributed by atoms with Gasteiger partial charge in [-0.15, -0.1) is 0 Å². The second kappa shape index (κ2) is 11.4. The van der Waals surface area contributed by atoms with Gasteiger partial charge in [-0.2, -0.15) is 0 Å². The molecule has 17 atom stereocenters. The van der Waals surface area contributed by atoms with Crippen LogP contribution in [-0.2, 0) is 14.3 Å². The second-order valence-electron chi connectivity index (χ2n) is 17.5. The lowest BCUT2D eigenvalue weighted by Crippen LogP contribution is -2.69. The zero-order valence-corrected chi connectivity index (χ0v) is 28.8. The topological polar surface area (TPSA) is 197 Å². The predicted molar refractivity (Wildman–Crippen MR) is 169 cm³/mol. The number of hydrogen-bond acceptors (Lipinski definition) is 11. The number of fused-ring (bicyclic) bond motifs is 7. The lowest BCUT2D eigenvalue weighted by Gasteiger charge is -2.72. The summed E-state index contributed by atoms with van der Waals surface area (Å²) in [6.07, 6.45) is -2.75. The van der Waals surface area contributed by atoms with E-state index in [1.165, 1.54) is 0 Å². The first-order chi connectivity index (χ1) is 21.8. The molecule has 1 heterocycles. The van der Waals surface area contributed by atoms with Crippen molar-refractivity contribution < 1.29 is 55.1 Å². The molecule has 5 aliphatic carbocycles. The first kappa shape index (κ1) is 35.7. The summed E-state index contributed by atoms with van der Waals surface area (Å²) in [6.45, 7) is 11.6. The van der Waals surface area contributed by atoms with E-state index in [4.69, 9.17) is 9.47 Å². The molecule has 0 aromatic carbocycles. The molecule has 11 heteroatoms. The van der Waals surface area contributed by atoms with Crippen molar-refractivity contribution in [1.82, 2.24) is 0 Å². The number of carbonyl (C=O) groups excluding carboxylic acids is 1. The molecule has 11 nitrogen and oxygen atoms in total. The first-order valence-electron chi connectivity index (χ1n) is 17.7. The minimum Gasteiger partial charge on any atom is -0.432 e. The minimum absolute atomic E-state index is 0.00373. The lowest BCUT2D eigenvalue weighted by atomic mass is 9.33. The van der Waals surface area contributed by atoms with Crippen LogP contribution in [0.4, 0.5) is 0 Å². The van der Waals surface area contributed by atoms with Gasteiger partial charge in [0.15, 0.2) is 0 Å². The van der Waals surface area contributed by atoms with Crippen LogP contribution in [0.25, 0.3) is 0 Å². The summed E-state index contributed by atoms with van der Waals surface area (Å²) >= 11 is 0. The molecule has 4 saturated carbocycles. The van der Waals surface area contributed by atoms with Crippen LogP contribution < -0.4 is 0 Å². The van der Waals surface area contributed by atoms with Crippen LogP contribution in [0.1, 0.15) is 92.9 Å². The maximum atomic E-state index is 14.5. The van der Waals surface area contributed by atoms with Crippen LogP contribution in [0.2, 0.25) is 0 Å². The van der Waals surface area contributed by atoms with Crippen LogP contribution in [0.3, 0.4) is 0 Å². The van der Waals surface area contributed by atoms with E-state index in [0.29, 0.717) is 38.5 Å². The molecule has 0 aromatic heterocycles. The first-order valence-corrected chi connectivity index (χ1v) is 17.7. The molecule has 0 spiro atoms. The largest absolute Gasteiger partial charge is 0.432 e. The Bertz CT molecular complexity index is 1270. The van der Waals surface area contributed by atoms with E-state index in [2.05, 4.69) is 26.8 Å². The summed E-state index contributed by atoms with van der Waals surface area (Å²) in [5, 5.41) is 86.2. The molecule has 0 unspecified atom stereocenters. The van der Waals surface area contributed by atoms with E-state index in [-0.39, 0.29) is 35.2 Å². The van der Waals surface area contributed by atoms with Crippen LogP contribution in [0, 0.1) is 50.7 Å². The smallest absolute Gasteiger partial charge is 0.315 e. The summed E-state index contributed by atoms with van der Waals surface area (Å²) in [5.74, 6) is -1.23. The summed E-state index contributed by atoms with van der Waals surface area (Å²) in [7, 11) is 0. The molecule has 47 heavy (non-hydrogen) atoms. The molecule has 0 radical (unpaired) electrons. The summed E-state index contributed by atoms with van der Waals surface area (Å²) in [5.41, 5.74) is -3.27. The van der Waals surface area contributed by atoms with Gasteiger partial charge in [-0.05, 0) is 92.3 Å². The number of allylic oxidation sites excluding steroid dienone is 1. The zero-order chi connectivity index (χ0) is 34.7. The van der Waals surface area contributed by atoms with E-state index in [1.807, 2.05) is 20.8 Å². The molecular formula is C36H58O11. The number of esters is 1. The van der Waals surface area contributed by atoms with Gasteiger partial charge < -0.3 is 50.3 Å². The number of ether oxygens (including phenoxy) is 2. The third-order valence-electron chi connectivity index (χ3n) is 15.6. The Kier molecular flexibility index (Phi) is 8.68. The van der Waals surface area contributed by atoms with Gasteiger partial charge in [0, 0.05) is 11.3 Å². The molecule has 1 saturated heterocycles.